The van der Waals surface area contributed by atoms with Gasteiger partial charge in [-0.25, -0.2) is 18.5 Å². The predicted octanol–water partition coefficient (Wildman–Crippen LogP) is 0.354. The molecular formula is C13H14N4O4S2. The van der Waals surface area contributed by atoms with E-state index in [4.69, 9.17) is 5.14 Å². The third kappa shape index (κ3) is 4.84. The largest absolute Gasteiger partial charge is 0.344 e. The quantitative estimate of drug-likeness (QED) is 0.682. The van der Waals surface area contributed by atoms with Crippen molar-refractivity contribution in [3.63, 3.8) is 0 Å². The number of rotatable bonds is 4. The van der Waals surface area contributed by atoms with E-state index in [0.717, 1.165) is 5.69 Å². The van der Waals surface area contributed by atoms with E-state index >= 15 is 0 Å². The van der Waals surface area contributed by atoms with Gasteiger partial charge in [0, 0.05) is 11.9 Å². The number of sulfonamides is 1. The van der Waals surface area contributed by atoms with Gasteiger partial charge in [-0.15, -0.1) is 11.3 Å². The summed E-state index contributed by atoms with van der Waals surface area (Å²) in [5.74, 6) is -1.63. The molecule has 0 unspecified atom stereocenters. The summed E-state index contributed by atoms with van der Waals surface area (Å²) in [6.45, 7) is 1.85. The average molecular weight is 354 g/mol. The highest BCUT2D eigenvalue weighted by molar-refractivity contribution is 7.89. The van der Waals surface area contributed by atoms with E-state index in [0.29, 0.717) is 10.7 Å². The van der Waals surface area contributed by atoms with Gasteiger partial charge in [-0.3, -0.25) is 14.9 Å². The van der Waals surface area contributed by atoms with E-state index in [1.54, 1.807) is 12.3 Å². The maximum Gasteiger partial charge on any atom is 0.315 e. The fourth-order valence-corrected chi connectivity index (χ4v) is 2.82. The zero-order chi connectivity index (χ0) is 17.0. The van der Waals surface area contributed by atoms with Crippen LogP contribution >= 0.6 is 11.3 Å². The molecule has 0 atom stereocenters. The Labute approximate surface area is 136 Å². The molecular weight excluding hydrogens is 340 g/mol. The second-order valence-electron chi connectivity index (χ2n) is 4.62. The molecule has 8 nitrogen and oxygen atoms in total. The van der Waals surface area contributed by atoms with Crippen molar-refractivity contribution in [2.24, 2.45) is 5.14 Å². The third-order valence-electron chi connectivity index (χ3n) is 2.75. The topological polar surface area (TPSA) is 131 Å². The molecule has 2 rings (SSSR count). The van der Waals surface area contributed by atoms with Crippen molar-refractivity contribution in [1.29, 1.82) is 0 Å². The summed E-state index contributed by atoms with van der Waals surface area (Å²) in [5, 5.41) is 11.9. The number of nitrogens with zero attached hydrogens (tertiary/aromatic N) is 1. The van der Waals surface area contributed by atoms with Crippen LogP contribution in [0.15, 0.2) is 34.5 Å². The summed E-state index contributed by atoms with van der Waals surface area (Å²) in [4.78, 5) is 27.4. The highest BCUT2D eigenvalue weighted by Crippen LogP contribution is 2.14. The first-order valence-electron chi connectivity index (χ1n) is 6.39. The van der Waals surface area contributed by atoms with Gasteiger partial charge in [0.15, 0.2) is 5.13 Å². The zero-order valence-corrected chi connectivity index (χ0v) is 13.7. The summed E-state index contributed by atoms with van der Waals surface area (Å²) in [6, 6.07) is 5.66. The number of nitrogens with two attached hydrogens (primary N) is 1. The summed E-state index contributed by atoms with van der Waals surface area (Å²) < 4.78 is 22.3. The second-order valence-corrected chi connectivity index (χ2v) is 7.04. The highest BCUT2D eigenvalue weighted by Gasteiger charge is 2.15. The minimum Gasteiger partial charge on any atom is -0.344 e. The number of anilines is 1. The summed E-state index contributed by atoms with van der Waals surface area (Å²) >= 11 is 1.22. The van der Waals surface area contributed by atoms with Gasteiger partial charge in [0.1, 0.15) is 0 Å². The molecule has 1 heterocycles. The summed E-state index contributed by atoms with van der Waals surface area (Å²) in [5.41, 5.74) is 1.38. The minimum absolute atomic E-state index is 0.0236. The molecule has 0 aliphatic heterocycles. The van der Waals surface area contributed by atoms with Crippen LogP contribution in [-0.2, 0) is 26.2 Å². The number of hydrogen-bond acceptors (Lipinski definition) is 6. The van der Waals surface area contributed by atoms with Crippen LogP contribution in [0.25, 0.3) is 0 Å². The Morgan fingerprint density at radius 2 is 1.87 bits per heavy atom. The molecule has 10 heteroatoms. The van der Waals surface area contributed by atoms with E-state index < -0.39 is 21.8 Å². The SMILES string of the molecule is Cc1csc(NC(=O)C(=O)NCc2ccc(S(N)(=O)=O)cc2)n1. The van der Waals surface area contributed by atoms with Crippen LogP contribution in [0.2, 0.25) is 0 Å². The Balaban J connectivity index is 1.90. The van der Waals surface area contributed by atoms with E-state index in [-0.39, 0.29) is 11.4 Å². The molecule has 0 saturated heterocycles. The van der Waals surface area contributed by atoms with Crippen LogP contribution in [-0.4, -0.2) is 25.2 Å². The lowest BCUT2D eigenvalue weighted by Gasteiger charge is -2.05. The second kappa shape index (κ2) is 6.86. The van der Waals surface area contributed by atoms with Crippen molar-refractivity contribution < 1.29 is 18.0 Å². The number of hydrogen-bond donors (Lipinski definition) is 3. The maximum absolute atomic E-state index is 11.7. The van der Waals surface area contributed by atoms with Crippen LogP contribution in [0.3, 0.4) is 0 Å². The van der Waals surface area contributed by atoms with Gasteiger partial charge in [-0.2, -0.15) is 0 Å². The summed E-state index contributed by atoms with van der Waals surface area (Å²) in [7, 11) is -3.75. The van der Waals surface area contributed by atoms with Crippen molar-refractivity contribution in [2.75, 3.05) is 5.32 Å². The van der Waals surface area contributed by atoms with Crippen LogP contribution in [0.5, 0.6) is 0 Å². The van der Waals surface area contributed by atoms with E-state index in [1.807, 2.05) is 0 Å². The van der Waals surface area contributed by atoms with Crippen LogP contribution in [0.1, 0.15) is 11.3 Å². The maximum atomic E-state index is 11.7. The Bertz CT molecular complexity index is 828. The van der Waals surface area contributed by atoms with Gasteiger partial charge < -0.3 is 5.32 Å². The fourth-order valence-electron chi connectivity index (χ4n) is 1.62. The van der Waals surface area contributed by atoms with Gasteiger partial charge in [-0.05, 0) is 24.6 Å². The third-order valence-corrected chi connectivity index (χ3v) is 4.56. The number of carbonyl (C=O) groups is 2. The number of thiazole rings is 1. The molecule has 2 amide bonds. The number of primary sulfonamides is 1. The van der Waals surface area contributed by atoms with Gasteiger partial charge in [-0.1, -0.05) is 12.1 Å². The van der Waals surface area contributed by atoms with Crippen molar-refractivity contribution >= 4 is 38.3 Å². The monoisotopic (exact) mass is 354 g/mol. The van der Waals surface area contributed by atoms with Crippen LogP contribution in [0, 0.1) is 6.92 Å². The van der Waals surface area contributed by atoms with Crippen molar-refractivity contribution in [1.82, 2.24) is 10.3 Å². The van der Waals surface area contributed by atoms with E-state index in [2.05, 4.69) is 15.6 Å². The van der Waals surface area contributed by atoms with Crippen LogP contribution < -0.4 is 15.8 Å². The molecule has 122 valence electrons. The average Bonchev–Trinajstić information content (AvgIpc) is 2.89. The lowest BCUT2D eigenvalue weighted by molar-refractivity contribution is -0.136. The standard InChI is InChI=1S/C13H14N4O4S2/c1-8-7-22-13(16-8)17-12(19)11(18)15-6-9-2-4-10(5-3-9)23(14,20)21/h2-5,7H,6H2,1H3,(H,15,18)(H2,14,20,21)(H,16,17,19). The Hall–Kier alpha value is -2.30. The van der Waals surface area contributed by atoms with Crippen LogP contribution in [0.4, 0.5) is 5.13 Å². The zero-order valence-electron chi connectivity index (χ0n) is 12.1. The number of amides is 2. The Kier molecular flexibility index (Phi) is 5.08. The molecule has 0 saturated carbocycles. The first-order valence-corrected chi connectivity index (χ1v) is 8.81. The molecule has 0 aliphatic carbocycles. The van der Waals surface area contributed by atoms with Crippen molar-refractivity contribution in [3.05, 3.63) is 40.9 Å². The van der Waals surface area contributed by atoms with Gasteiger partial charge in [0.2, 0.25) is 10.0 Å². The first-order chi connectivity index (χ1) is 10.8. The minimum atomic E-state index is -3.75. The highest BCUT2D eigenvalue weighted by atomic mass is 32.2. The Morgan fingerprint density at radius 1 is 1.22 bits per heavy atom. The molecule has 23 heavy (non-hydrogen) atoms. The molecule has 1 aromatic heterocycles. The Morgan fingerprint density at radius 3 is 2.39 bits per heavy atom. The number of nitrogens with one attached hydrogen (secondary N) is 2. The normalized spacial score (nSPS) is 11.0. The smallest absolute Gasteiger partial charge is 0.315 e. The number of benzene rings is 1. The number of aromatic nitrogens is 1. The van der Waals surface area contributed by atoms with E-state index in [1.165, 1.54) is 35.6 Å². The van der Waals surface area contributed by atoms with E-state index in [9.17, 15) is 18.0 Å². The molecule has 0 spiro atoms. The number of carbonyl (C=O) groups excluding carboxylic acids is 2. The molecule has 0 bridgehead atoms. The molecule has 1 aromatic carbocycles. The molecule has 2 aromatic rings. The molecule has 0 fully saturated rings. The summed E-state index contributed by atoms with van der Waals surface area (Å²) in [6.07, 6.45) is 0. The van der Waals surface area contributed by atoms with Gasteiger partial charge in [0.25, 0.3) is 0 Å². The first kappa shape index (κ1) is 17.1. The van der Waals surface area contributed by atoms with Crippen molar-refractivity contribution in [2.45, 2.75) is 18.4 Å². The van der Waals surface area contributed by atoms with Crippen molar-refractivity contribution in [3.8, 4) is 0 Å². The predicted molar refractivity (Wildman–Crippen MR) is 85.1 cm³/mol. The van der Waals surface area contributed by atoms with Gasteiger partial charge in [0.05, 0.1) is 10.6 Å². The molecule has 4 N–H and O–H groups in total. The number of aryl methyl sites for hydroxylation is 1. The lowest BCUT2D eigenvalue weighted by atomic mass is 10.2. The van der Waals surface area contributed by atoms with Gasteiger partial charge >= 0.3 is 11.8 Å². The molecule has 0 radical (unpaired) electrons. The molecule has 0 aliphatic rings. The lowest BCUT2D eigenvalue weighted by Crippen LogP contribution is -2.34. The fraction of sp³-hybridized carbons (Fsp3) is 0.154.